The molecule has 0 spiro atoms. The molecule has 8 aromatic rings. The van der Waals surface area contributed by atoms with Crippen molar-refractivity contribution in [1.82, 2.24) is 0 Å². The zero-order valence-electron chi connectivity index (χ0n) is 18.2. The highest BCUT2D eigenvalue weighted by Crippen LogP contribution is 2.43. The number of rotatable bonds is 2. The first-order valence-corrected chi connectivity index (χ1v) is 12.3. The van der Waals surface area contributed by atoms with E-state index >= 15 is 0 Å². The van der Waals surface area contributed by atoms with Crippen molar-refractivity contribution in [1.29, 1.82) is 0 Å². The van der Waals surface area contributed by atoms with Crippen LogP contribution in [0.1, 0.15) is 0 Å². The van der Waals surface area contributed by atoms with E-state index in [2.05, 4.69) is 97.1 Å². The van der Waals surface area contributed by atoms with E-state index in [0.29, 0.717) is 0 Å². The third kappa shape index (κ3) is 2.55. The van der Waals surface area contributed by atoms with E-state index in [-0.39, 0.29) is 0 Å². The Morgan fingerprint density at radius 2 is 1.26 bits per heavy atom. The number of hydrogen-bond acceptors (Lipinski definition) is 2. The van der Waals surface area contributed by atoms with Gasteiger partial charge in [-0.2, -0.15) is 0 Å². The van der Waals surface area contributed by atoms with Crippen LogP contribution >= 0.6 is 11.3 Å². The zero-order valence-corrected chi connectivity index (χ0v) is 19.0. The van der Waals surface area contributed by atoms with E-state index in [9.17, 15) is 0 Å². The lowest BCUT2D eigenvalue weighted by atomic mass is 9.90. The molecule has 0 aliphatic heterocycles. The first kappa shape index (κ1) is 18.3. The maximum Gasteiger partial charge on any atom is 0.136 e. The van der Waals surface area contributed by atoms with E-state index in [1.54, 1.807) is 0 Å². The molecule has 2 heteroatoms. The van der Waals surface area contributed by atoms with Crippen LogP contribution in [-0.2, 0) is 0 Å². The smallest absolute Gasteiger partial charge is 0.136 e. The topological polar surface area (TPSA) is 13.1 Å². The third-order valence-electron chi connectivity index (χ3n) is 7.00. The molecule has 2 aromatic heterocycles. The van der Waals surface area contributed by atoms with Gasteiger partial charge in [0.1, 0.15) is 11.3 Å². The summed E-state index contributed by atoms with van der Waals surface area (Å²) < 4.78 is 7.58. The summed E-state index contributed by atoms with van der Waals surface area (Å²) in [5, 5.41) is 10.2. The standard InChI is InChI=1S/C32H18OS/c1-3-7-27-20(5-1)17-28(33-27)25-13-11-19-9-10-22-15-24(16-23-12-14-26(25)32(19)31(22)23)30-18-21-6-2-4-8-29(21)34-30/h1-18H. The summed E-state index contributed by atoms with van der Waals surface area (Å²) in [5.41, 5.74) is 3.35. The summed E-state index contributed by atoms with van der Waals surface area (Å²) in [6.07, 6.45) is 0. The fourth-order valence-corrected chi connectivity index (χ4v) is 6.47. The monoisotopic (exact) mass is 450 g/mol. The summed E-state index contributed by atoms with van der Waals surface area (Å²) in [7, 11) is 0. The minimum absolute atomic E-state index is 0.921. The molecule has 0 bridgehead atoms. The van der Waals surface area contributed by atoms with Gasteiger partial charge >= 0.3 is 0 Å². The van der Waals surface area contributed by atoms with Gasteiger partial charge in [0.2, 0.25) is 0 Å². The first-order chi connectivity index (χ1) is 16.8. The summed E-state index contributed by atoms with van der Waals surface area (Å²) in [6, 6.07) is 39.5. The number of furan rings is 1. The number of hydrogen-bond donors (Lipinski definition) is 0. The van der Waals surface area contributed by atoms with Crippen LogP contribution in [0.25, 0.3) is 75.1 Å². The number of thiophene rings is 1. The predicted octanol–water partition coefficient (Wildman–Crippen LogP) is 9.88. The van der Waals surface area contributed by atoms with Crippen molar-refractivity contribution < 1.29 is 4.42 Å². The average Bonchev–Trinajstić information content (AvgIpc) is 3.51. The highest BCUT2D eigenvalue weighted by Gasteiger charge is 2.16. The van der Waals surface area contributed by atoms with Crippen molar-refractivity contribution in [3.63, 3.8) is 0 Å². The third-order valence-corrected chi connectivity index (χ3v) is 8.17. The van der Waals surface area contributed by atoms with E-state index in [1.165, 1.54) is 52.8 Å². The number of para-hydroxylation sites is 1. The quantitative estimate of drug-likeness (QED) is 0.239. The normalized spacial score (nSPS) is 12.1. The molecule has 0 saturated heterocycles. The van der Waals surface area contributed by atoms with Crippen LogP contribution in [0.15, 0.2) is 114 Å². The second kappa shape index (κ2) is 6.69. The minimum atomic E-state index is 0.921. The summed E-state index contributed by atoms with van der Waals surface area (Å²) in [4.78, 5) is 1.31. The lowest BCUT2D eigenvalue weighted by Gasteiger charge is -2.14. The van der Waals surface area contributed by atoms with Gasteiger partial charge in [0, 0.05) is 20.5 Å². The van der Waals surface area contributed by atoms with Crippen LogP contribution in [-0.4, -0.2) is 0 Å². The molecule has 8 rings (SSSR count). The Hall–Kier alpha value is -4.14. The molecule has 0 atom stereocenters. The maximum absolute atomic E-state index is 6.25. The Balaban J connectivity index is 1.39. The highest BCUT2D eigenvalue weighted by atomic mass is 32.1. The summed E-state index contributed by atoms with van der Waals surface area (Å²) in [6.45, 7) is 0. The maximum atomic E-state index is 6.25. The molecular weight excluding hydrogens is 432 g/mol. The Morgan fingerprint density at radius 1 is 0.529 bits per heavy atom. The van der Waals surface area contributed by atoms with Crippen LogP contribution < -0.4 is 0 Å². The van der Waals surface area contributed by atoms with Crippen LogP contribution in [0.4, 0.5) is 0 Å². The van der Waals surface area contributed by atoms with Gasteiger partial charge in [0.15, 0.2) is 0 Å². The molecule has 34 heavy (non-hydrogen) atoms. The van der Waals surface area contributed by atoms with Gasteiger partial charge in [0.25, 0.3) is 0 Å². The van der Waals surface area contributed by atoms with Crippen molar-refractivity contribution in [3.8, 4) is 21.8 Å². The molecule has 0 fully saturated rings. The molecule has 0 saturated carbocycles. The summed E-state index contributed by atoms with van der Waals surface area (Å²) in [5.74, 6) is 0.921. The van der Waals surface area contributed by atoms with Gasteiger partial charge in [-0.3, -0.25) is 0 Å². The van der Waals surface area contributed by atoms with E-state index in [1.807, 2.05) is 23.5 Å². The second-order valence-electron chi connectivity index (χ2n) is 8.98. The van der Waals surface area contributed by atoms with E-state index in [4.69, 9.17) is 4.42 Å². The molecule has 6 aromatic carbocycles. The fraction of sp³-hybridized carbons (Fsp3) is 0. The molecule has 0 aliphatic rings. The Bertz CT molecular complexity index is 1940. The van der Waals surface area contributed by atoms with Gasteiger partial charge in [-0.05, 0) is 85.7 Å². The largest absolute Gasteiger partial charge is 0.456 e. The number of benzene rings is 6. The van der Waals surface area contributed by atoms with E-state index < -0.39 is 0 Å². The molecule has 1 nitrogen and oxygen atoms in total. The Morgan fingerprint density at radius 3 is 2.12 bits per heavy atom. The molecule has 0 unspecified atom stereocenters. The Labute approximate surface area is 199 Å². The molecule has 2 heterocycles. The second-order valence-corrected chi connectivity index (χ2v) is 10.1. The Kier molecular flexibility index (Phi) is 3.60. The van der Waals surface area contributed by atoms with Crippen LogP contribution in [0, 0.1) is 0 Å². The van der Waals surface area contributed by atoms with Crippen molar-refractivity contribution in [2.24, 2.45) is 0 Å². The lowest BCUT2D eigenvalue weighted by Crippen LogP contribution is -1.87. The highest BCUT2D eigenvalue weighted by molar-refractivity contribution is 7.22. The lowest BCUT2D eigenvalue weighted by molar-refractivity contribution is 0.632. The van der Waals surface area contributed by atoms with Crippen molar-refractivity contribution >= 4 is 64.7 Å². The van der Waals surface area contributed by atoms with Crippen LogP contribution in [0.2, 0.25) is 0 Å². The van der Waals surface area contributed by atoms with Gasteiger partial charge in [-0.15, -0.1) is 11.3 Å². The molecular formula is C32H18OS. The summed E-state index contributed by atoms with van der Waals surface area (Å²) >= 11 is 1.86. The molecule has 0 amide bonds. The van der Waals surface area contributed by atoms with Gasteiger partial charge < -0.3 is 4.42 Å². The SMILES string of the molecule is c1ccc2oc(-c3ccc4ccc5cc(-c6cc7ccccc7s6)cc6ccc3c4c56)cc2c1. The fourth-order valence-electron chi connectivity index (χ4n) is 5.42. The van der Waals surface area contributed by atoms with Gasteiger partial charge in [-0.25, -0.2) is 0 Å². The van der Waals surface area contributed by atoms with Crippen LogP contribution in [0.5, 0.6) is 0 Å². The molecule has 158 valence electrons. The van der Waals surface area contributed by atoms with Crippen molar-refractivity contribution in [3.05, 3.63) is 109 Å². The predicted molar refractivity (Wildman–Crippen MR) is 146 cm³/mol. The number of fused-ring (bicyclic) bond motifs is 2. The van der Waals surface area contributed by atoms with Crippen molar-refractivity contribution in [2.45, 2.75) is 0 Å². The van der Waals surface area contributed by atoms with E-state index in [0.717, 1.165) is 22.3 Å². The first-order valence-electron chi connectivity index (χ1n) is 11.5. The van der Waals surface area contributed by atoms with Crippen molar-refractivity contribution in [2.75, 3.05) is 0 Å². The molecule has 0 radical (unpaired) electrons. The van der Waals surface area contributed by atoms with Gasteiger partial charge in [-0.1, -0.05) is 66.7 Å². The average molecular weight is 451 g/mol. The van der Waals surface area contributed by atoms with Gasteiger partial charge in [0.05, 0.1) is 0 Å². The zero-order chi connectivity index (χ0) is 22.2. The molecule has 0 aliphatic carbocycles. The van der Waals surface area contributed by atoms with Crippen LogP contribution in [0.3, 0.4) is 0 Å². The minimum Gasteiger partial charge on any atom is -0.456 e. The molecule has 0 N–H and O–H groups in total.